The Hall–Kier alpha value is -1.77. The summed E-state index contributed by atoms with van der Waals surface area (Å²) in [5, 5.41) is 19.0. The first kappa shape index (κ1) is 12.3. The quantitative estimate of drug-likeness (QED) is 0.705. The second-order valence-corrected chi connectivity index (χ2v) is 4.62. The molecule has 1 aliphatic heterocycles. The fourth-order valence-electron chi connectivity index (χ4n) is 2.28. The van der Waals surface area contributed by atoms with Crippen LogP contribution in [0.1, 0.15) is 12.6 Å². The zero-order valence-corrected chi connectivity index (χ0v) is 10.3. The number of nitrogens with zero attached hydrogens (tertiary/aromatic N) is 4. The van der Waals surface area contributed by atoms with Gasteiger partial charge in [-0.15, -0.1) is 0 Å². The van der Waals surface area contributed by atoms with Gasteiger partial charge in [-0.1, -0.05) is 0 Å². The highest BCUT2D eigenvalue weighted by atomic mass is 16.5. The molecule has 1 aliphatic rings. The van der Waals surface area contributed by atoms with Crippen molar-refractivity contribution in [2.24, 2.45) is 7.05 Å². The molecule has 0 saturated carbocycles. The van der Waals surface area contributed by atoms with Crippen LogP contribution in [0.15, 0.2) is 17.4 Å². The van der Waals surface area contributed by atoms with E-state index in [1.807, 2.05) is 0 Å². The van der Waals surface area contributed by atoms with E-state index in [0.717, 1.165) is 0 Å². The molecule has 0 spiro atoms. The molecule has 2 aromatic heterocycles. The molecule has 0 aliphatic carbocycles. The molecule has 3 atom stereocenters. The third kappa shape index (κ3) is 1.84. The average molecular weight is 266 g/mol. The van der Waals surface area contributed by atoms with Crippen molar-refractivity contribution in [3.05, 3.63) is 23.0 Å². The van der Waals surface area contributed by atoms with Crippen LogP contribution in [0.2, 0.25) is 0 Å². The number of rotatable bonds is 2. The summed E-state index contributed by atoms with van der Waals surface area (Å²) in [6, 6.07) is 0. The summed E-state index contributed by atoms with van der Waals surface area (Å²) in [7, 11) is 1.59. The van der Waals surface area contributed by atoms with Crippen LogP contribution in [-0.2, 0) is 11.8 Å². The number of aryl methyl sites for hydroxylation is 1. The van der Waals surface area contributed by atoms with Gasteiger partial charge >= 0.3 is 0 Å². The fourth-order valence-corrected chi connectivity index (χ4v) is 2.28. The number of hydrogen-bond acceptors (Lipinski definition) is 6. The lowest BCUT2D eigenvalue weighted by atomic mass is 10.2. The van der Waals surface area contributed by atoms with Gasteiger partial charge in [0.05, 0.1) is 25.4 Å². The summed E-state index contributed by atoms with van der Waals surface area (Å²) in [6.45, 7) is -0.157. The number of aliphatic hydroxyl groups is 2. The maximum Gasteiger partial charge on any atom is 0.281 e. The van der Waals surface area contributed by atoms with E-state index in [-0.39, 0.29) is 17.7 Å². The monoisotopic (exact) mass is 266 g/mol. The summed E-state index contributed by atoms with van der Waals surface area (Å²) < 4.78 is 8.38. The molecule has 0 aromatic carbocycles. The second-order valence-electron chi connectivity index (χ2n) is 4.62. The van der Waals surface area contributed by atoms with Gasteiger partial charge in [0.1, 0.15) is 6.10 Å². The number of hydrogen-bond donors (Lipinski definition) is 2. The molecule has 2 aromatic rings. The van der Waals surface area contributed by atoms with E-state index in [9.17, 15) is 9.90 Å². The highest BCUT2D eigenvalue weighted by molar-refractivity contribution is 5.69. The lowest BCUT2D eigenvalue weighted by Gasteiger charge is -2.16. The highest BCUT2D eigenvalue weighted by Gasteiger charge is 2.35. The van der Waals surface area contributed by atoms with Gasteiger partial charge in [0.2, 0.25) is 0 Å². The minimum atomic E-state index is -0.764. The average Bonchev–Trinajstić information content (AvgIpc) is 2.97. The van der Waals surface area contributed by atoms with Gasteiger partial charge in [-0.25, -0.2) is 9.97 Å². The Morgan fingerprint density at radius 2 is 2.26 bits per heavy atom. The predicted molar refractivity (Wildman–Crippen MR) is 64.4 cm³/mol. The number of aromatic nitrogens is 4. The van der Waals surface area contributed by atoms with Gasteiger partial charge in [0.25, 0.3) is 5.56 Å². The lowest BCUT2D eigenvalue weighted by Crippen LogP contribution is -2.21. The van der Waals surface area contributed by atoms with Crippen molar-refractivity contribution in [2.75, 3.05) is 6.61 Å². The third-order valence-corrected chi connectivity index (χ3v) is 3.29. The first-order valence-corrected chi connectivity index (χ1v) is 5.94. The number of ether oxygens (including phenoxy) is 1. The molecule has 0 bridgehead atoms. The van der Waals surface area contributed by atoms with Gasteiger partial charge in [-0.2, -0.15) is 0 Å². The van der Waals surface area contributed by atoms with Crippen LogP contribution in [0, 0.1) is 0 Å². The summed E-state index contributed by atoms with van der Waals surface area (Å²) >= 11 is 0. The minimum absolute atomic E-state index is 0.157. The van der Waals surface area contributed by atoms with Gasteiger partial charge in [0.15, 0.2) is 17.4 Å². The van der Waals surface area contributed by atoms with Crippen molar-refractivity contribution in [3.8, 4) is 0 Å². The van der Waals surface area contributed by atoms with Crippen molar-refractivity contribution in [2.45, 2.75) is 24.9 Å². The largest absolute Gasteiger partial charge is 0.394 e. The molecule has 0 radical (unpaired) electrons. The SMILES string of the molecule is Cn1cnc2c(ncn2[C@@H]2O[C@H](CO)CC2O)c1=O. The third-order valence-electron chi connectivity index (χ3n) is 3.29. The normalized spacial score (nSPS) is 27.2. The van der Waals surface area contributed by atoms with Gasteiger partial charge < -0.3 is 19.5 Å². The molecule has 1 fully saturated rings. The number of fused-ring (bicyclic) bond motifs is 1. The summed E-state index contributed by atoms with van der Waals surface area (Å²) in [5.74, 6) is 0. The topological polar surface area (TPSA) is 102 Å². The first-order chi connectivity index (χ1) is 9.11. The van der Waals surface area contributed by atoms with Crippen molar-refractivity contribution in [3.63, 3.8) is 0 Å². The standard InChI is InChI=1S/C11H14N4O4/c1-14-4-13-9-8(10(14)18)12-5-15(9)11-7(17)2-6(3-16)19-11/h4-7,11,16-17H,2-3H2,1H3/t6-,7?,11+/m0/s1. The minimum Gasteiger partial charge on any atom is -0.394 e. The number of imidazole rings is 1. The maximum atomic E-state index is 11.9. The Bertz CT molecular complexity index is 664. The lowest BCUT2D eigenvalue weighted by molar-refractivity contribution is -0.0487. The molecule has 8 nitrogen and oxygen atoms in total. The molecule has 1 unspecified atom stereocenters. The van der Waals surface area contributed by atoms with E-state index in [2.05, 4.69) is 9.97 Å². The molecule has 1 saturated heterocycles. The highest BCUT2D eigenvalue weighted by Crippen LogP contribution is 2.30. The van der Waals surface area contributed by atoms with Gasteiger partial charge in [-0.05, 0) is 0 Å². The predicted octanol–water partition coefficient (Wildman–Crippen LogP) is -1.23. The van der Waals surface area contributed by atoms with Crippen LogP contribution in [0.3, 0.4) is 0 Å². The molecular formula is C11H14N4O4. The van der Waals surface area contributed by atoms with E-state index in [4.69, 9.17) is 9.84 Å². The van der Waals surface area contributed by atoms with Crippen molar-refractivity contribution in [1.82, 2.24) is 19.1 Å². The number of aliphatic hydroxyl groups excluding tert-OH is 2. The summed E-state index contributed by atoms with van der Waals surface area (Å²) in [5.41, 5.74) is 0.342. The summed E-state index contributed by atoms with van der Waals surface area (Å²) in [6.07, 6.45) is 1.30. The second kappa shape index (κ2) is 4.41. The van der Waals surface area contributed by atoms with Crippen molar-refractivity contribution < 1.29 is 14.9 Å². The van der Waals surface area contributed by atoms with E-state index < -0.39 is 18.4 Å². The Balaban J connectivity index is 2.07. The molecule has 3 rings (SSSR count). The van der Waals surface area contributed by atoms with E-state index in [0.29, 0.717) is 12.1 Å². The van der Waals surface area contributed by atoms with Crippen LogP contribution in [0.4, 0.5) is 0 Å². The zero-order chi connectivity index (χ0) is 13.6. The molecule has 0 amide bonds. The molecule has 102 valence electrons. The zero-order valence-electron chi connectivity index (χ0n) is 10.3. The Labute approximate surface area is 107 Å². The molecule has 8 heteroatoms. The van der Waals surface area contributed by atoms with E-state index >= 15 is 0 Å². The van der Waals surface area contributed by atoms with E-state index in [1.54, 1.807) is 7.05 Å². The maximum absolute atomic E-state index is 11.9. The van der Waals surface area contributed by atoms with Crippen LogP contribution >= 0.6 is 0 Å². The molecule has 19 heavy (non-hydrogen) atoms. The Kier molecular flexibility index (Phi) is 2.85. The molecule has 3 heterocycles. The van der Waals surface area contributed by atoms with Gasteiger partial charge in [0, 0.05) is 13.5 Å². The van der Waals surface area contributed by atoms with Crippen LogP contribution in [-0.4, -0.2) is 48.1 Å². The fraction of sp³-hybridized carbons (Fsp3) is 0.545. The summed E-state index contributed by atoms with van der Waals surface area (Å²) in [4.78, 5) is 20.0. The van der Waals surface area contributed by atoms with Crippen molar-refractivity contribution >= 4 is 11.2 Å². The molecular weight excluding hydrogens is 252 g/mol. The first-order valence-electron chi connectivity index (χ1n) is 5.94. The van der Waals surface area contributed by atoms with Crippen LogP contribution in [0.25, 0.3) is 11.2 Å². The molecule has 2 N–H and O–H groups in total. The Morgan fingerprint density at radius 1 is 1.47 bits per heavy atom. The van der Waals surface area contributed by atoms with E-state index in [1.165, 1.54) is 21.8 Å². The smallest absolute Gasteiger partial charge is 0.281 e. The van der Waals surface area contributed by atoms with Crippen LogP contribution < -0.4 is 5.56 Å². The Morgan fingerprint density at radius 3 is 2.95 bits per heavy atom. The van der Waals surface area contributed by atoms with Crippen molar-refractivity contribution in [1.29, 1.82) is 0 Å². The van der Waals surface area contributed by atoms with Gasteiger partial charge in [-0.3, -0.25) is 9.36 Å². The van der Waals surface area contributed by atoms with Crippen LogP contribution in [0.5, 0.6) is 0 Å².